The van der Waals surface area contributed by atoms with Crippen molar-refractivity contribution in [3.63, 3.8) is 0 Å². The molecule has 1 aliphatic rings. The second-order valence-electron chi connectivity index (χ2n) is 8.05. The van der Waals surface area contributed by atoms with Gasteiger partial charge in [-0.2, -0.15) is 14.9 Å². The Morgan fingerprint density at radius 1 is 1.38 bits per heavy atom. The van der Waals surface area contributed by atoms with Gasteiger partial charge in [0.1, 0.15) is 23.9 Å². The van der Waals surface area contributed by atoms with Gasteiger partial charge in [-0.15, -0.1) is 0 Å². The SMILES string of the molecule is Cc1ccc(C(C)C)c(OCc2n[nH]c(=S)n2/N=C\c2ccc([C@H]3C[C@H]3C)o2)c1. The summed E-state index contributed by atoms with van der Waals surface area (Å²) in [4.78, 5) is 0. The maximum Gasteiger partial charge on any atom is 0.216 e. The summed E-state index contributed by atoms with van der Waals surface area (Å²) in [5, 5.41) is 11.5. The number of hydrogen-bond acceptors (Lipinski definition) is 5. The van der Waals surface area contributed by atoms with Crippen molar-refractivity contribution in [2.45, 2.75) is 52.6 Å². The Hall–Kier alpha value is -2.67. The van der Waals surface area contributed by atoms with Gasteiger partial charge in [0, 0.05) is 5.92 Å². The molecule has 6 nitrogen and oxygen atoms in total. The first-order valence-electron chi connectivity index (χ1n) is 9.96. The number of ether oxygens (including phenoxy) is 1. The van der Waals surface area contributed by atoms with Gasteiger partial charge in [0.15, 0.2) is 5.82 Å². The summed E-state index contributed by atoms with van der Waals surface area (Å²) in [6.45, 7) is 8.85. The average molecular weight is 411 g/mol. The molecule has 0 saturated heterocycles. The van der Waals surface area contributed by atoms with Crippen molar-refractivity contribution in [2.24, 2.45) is 11.0 Å². The Kier molecular flexibility index (Phi) is 5.41. The summed E-state index contributed by atoms with van der Waals surface area (Å²) >= 11 is 5.32. The van der Waals surface area contributed by atoms with Crippen molar-refractivity contribution >= 4 is 18.4 Å². The minimum Gasteiger partial charge on any atom is -0.485 e. The van der Waals surface area contributed by atoms with E-state index >= 15 is 0 Å². The number of furan rings is 1. The summed E-state index contributed by atoms with van der Waals surface area (Å²) in [6.07, 6.45) is 2.85. The van der Waals surface area contributed by atoms with E-state index in [2.05, 4.69) is 55.1 Å². The maximum atomic E-state index is 6.08. The topological polar surface area (TPSA) is 68.3 Å². The van der Waals surface area contributed by atoms with E-state index < -0.39 is 0 Å². The van der Waals surface area contributed by atoms with Crippen LogP contribution in [0, 0.1) is 17.6 Å². The van der Waals surface area contributed by atoms with E-state index in [1.807, 2.05) is 18.2 Å². The van der Waals surface area contributed by atoms with Gasteiger partial charge in [-0.05, 0) is 66.7 Å². The number of aromatic nitrogens is 3. The first-order chi connectivity index (χ1) is 13.9. The van der Waals surface area contributed by atoms with Crippen molar-refractivity contribution in [1.82, 2.24) is 14.9 Å². The van der Waals surface area contributed by atoms with Crippen LogP contribution < -0.4 is 4.74 Å². The van der Waals surface area contributed by atoms with E-state index in [-0.39, 0.29) is 6.61 Å². The predicted molar refractivity (Wildman–Crippen MR) is 115 cm³/mol. The van der Waals surface area contributed by atoms with Crippen LogP contribution in [-0.4, -0.2) is 21.1 Å². The Morgan fingerprint density at radius 3 is 2.90 bits per heavy atom. The Labute approximate surface area is 175 Å². The van der Waals surface area contributed by atoms with Crippen molar-refractivity contribution in [1.29, 1.82) is 0 Å². The van der Waals surface area contributed by atoms with Gasteiger partial charge in [0.25, 0.3) is 0 Å². The average Bonchev–Trinajstić information content (AvgIpc) is 3.08. The molecule has 7 heteroatoms. The van der Waals surface area contributed by atoms with Crippen LogP contribution in [0.4, 0.5) is 0 Å². The summed E-state index contributed by atoms with van der Waals surface area (Å²) in [5.41, 5.74) is 2.32. The quantitative estimate of drug-likeness (QED) is 0.409. The molecule has 1 aliphatic carbocycles. The molecule has 2 aromatic heterocycles. The predicted octanol–water partition coefficient (Wildman–Crippen LogP) is 5.55. The molecule has 0 bridgehead atoms. The van der Waals surface area contributed by atoms with Crippen molar-refractivity contribution in [3.05, 3.63) is 63.6 Å². The number of aromatic amines is 1. The minimum absolute atomic E-state index is 0.261. The molecular weight excluding hydrogens is 384 g/mol. The molecule has 1 N–H and O–H groups in total. The van der Waals surface area contributed by atoms with Gasteiger partial charge in [-0.25, -0.2) is 5.10 Å². The van der Waals surface area contributed by atoms with Crippen molar-refractivity contribution in [3.8, 4) is 5.75 Å². The number of rotatable bonds is 7. The summed E-state index contributed by atoms with van der Waals surface area (Å²) < 4.78 is 13.9. The van der Waals surface area contributed by atoms with E-state index in [0.717, 1.165) is 22.6 Å². The lowest BCUT2D eigenvalue weighted by atomic mass is 10.0. The number of hydrogen-bond donors (Lipinski definition) is 1. The third-order valence-electron chi connectivity index (χ3n) is 5.29. The van der Waals surface area contributed by atoms with Crippen LogP contribution in [0.25, 0.3) is 0 Å². The fourth-order valence-electron chi connectivity index (χ4n) is 3.39. The fourth-order valence-corrected chi connectivity index (χ4v) is 3.59. The molecule has 4 rings (SSSR count). The molecule has 1 fully saturated rings. The second-order valence-corrected chi connectivity index (χ2v) is 8.43. The molecule has 2 atom stereocenters. The number of nitrogens with one attached hydrogen (secondary N) is 1. The molecule has 1 saturated carbocycles. The summed E-state index contributed by atoms with van der Waals surface area (Å²) in [6, 6.07) is 10.2. The summed E-state index contributed by atoms with van der Waals surface area (Å²) in [5.74, 6) is 4.81. The molecule has 0 amide bonds. The van der Waals surface area contributed by atoms with Crippen molar-refractivity contribution < 1.29 is 9.15 Å². The van der Waals surface area contributed by atoms with E-state index in [4.69, 9.17) is 21.4 Å². The van der Waals surface area contributed by atoms with E-state index in [1.54, 1.807) is 10.9 Å². The van der Waals surface area contributed by atoms with E-state index in [0.29, 0.717) is 34.1 Å². The highest BCUT2D eigenvalue weighted by molar-refractivity contribution is 7.71. The lowest BCUT2D eigenvalue weighted by Gasteiger charge is -2.14. The van der Waals surface area contributed by atoms with Gasteiger partial charge in [0.2, 0.25) is 4.77 Å². The largest absolute Gasteiger partial charge is 0.485 e. The van der Waals surface area contributed by atoms with Crippen LogP contribution in [0.2, 0.25) is 0 Å². The Balaban J connectivity index is 1.50. The number of benzene rings is 1. The molecule has 0 unspecified atom stereocenters. The molecular formula is C22H26N4O2S. The molecule has 2 heterocycles. The lowest BCUT2D eigenvalue weighted by Crippen LogP contribution is -2.06. The molecule has 0 radical (unpaired) electrons. The first kappa shape index (κ1) is 19.6. The second kappa shape index (κ2) is 7.99. The zero-order valence-corrected chi connectivity index (χ0v) is 18.0. The fraction of sp³-hybridized carbons (Fsp3) is 0.409. The monoisotopic (exact) mass is 410 g/mol. The zero-order valence-electron chi connectivity index (χ0n) is 17.2. The van der Waals surface area contributed by atoms with E-state index in [1.165, 1.54) is 6.42 Å². The van der Waals surface area contributed by atoms with Crippen molar-refractivity contribution in [2.75, 3.05) is 0 Å². The highest BCUT2D eigenvalue weighted by Gasteiger charge is 2.36. The molecule has 3 aromatic rings. The van der Waals surface area contributed by atoms with Crippen LogP contribution in [0.3, 0.4) is 0 Å². The first-order valence-corrected chi connectivity index (χ1v) is 10.4. The van der Waals surface area contributed by atoms with Gasteiger partial charge in [0.05, 0.1) is 6.21 Å². The minimum atomic E-state index is 0.261. The Bertz CT molecular complexity index is 1090. The van der Waals surface area contributed by atoms with Crippen LogP contribution in [0.5, 0.6) is 5.75 Å². The molecule has 152 valence electrons. The molecule has 0 aliphatic heterocycles. The summed E-state index contributed by atoms with van der Waals surface area (Å²) in [7, 11) is 0. The molecule has 1 aromatic carbocycles. The van der Waals surface area contributed by atoms with E-state index in [9.17, 15) is 0 Å². The van der Waals surface area contributed by atoms with Crippen LogP contribution in [-0.2, 0) is 6.61 Å². The highest BCUT2D eigenvalue weighted by atomic mass is 32.1. The van der Waals surface area contributed by atoms with Crippen LogP contribution >= 0.6 is 12.2 Å². The smallest absolute Gasteiger partial charge is 0.216 e. The maximum absolute atomic E-state index is 6.08. The van der Waals surface area contributed by atoms with Gasteiger partial charge in [-0.3, -0.25) is 0 Å². The number of H-pyrrole nitrogens is 1. The van der Waals surface area contributed by atoms with Gasteiger partial charge in [-0.1, -0.05) is 32.9 Å². The molecule has 29 heavy (non-hydrogen) atoms. The Morgan fingerprint density at radius 2 is 2.17 bits per heavy atom. The molecule has 0 spiro atoms. The van der Waals surface area contributed by atoms with Crippen LogP contribution in [0.15, 0.2) is 39.9 Å². The standard InChI is InChI=1S/C22H26N4O2S/c1-13(2)17-7-5-14(3)9-20(17)27-12-21-24-25-22(29)26(21)23-11-16-6-8-19(28-16)18-10-15(18)4/h5-9,11,13,15,18H,10,12H2,1-4H3,(H,25,29)/b23-11-/t15-,18+/m1/s1. The van der Waals surface area contributed by atoms with Gasteiger partial charge >= 0.3 is 0 Å². The third kappa shape index (κ3) is 4.34. The third-order valence-corrected chi connectivity index (χ3v) is 5.55. The van der Waals surface area contributed by atoms with Gasteiger partial charge < -0.3 is 9.15 Å². The lowest BCUT2D eigenvalue weighted by molar-refractivity contribution is 0.286. The number of aryl methyl sites for hydroxylation is 1. The normalized spacial score (nSPS) is 18.7. The van der Waals surface area contributed by atoms with Crippen LogP contribution in [0.1, 0.15) is 67.5 Å². The number of nitrogens with zero attached hydrogens (tertiary/aromatic N) is 3. The zero-order chi connectivity index (χ0) is 20.5. The highest BCUT2D eigenvalue weighted by Crippen LogP contribution is 2.47.